The van der Waals surface area contributed by atoms with E-state index >= 15 is 0 Å². The summed E-state index contributed by atoms with van der Waals surface area (Å²) in [5.74, 6) is -4.88. The molecule has 3 aromatic rings. The van der Waals surface area contributed by atoms with Crippen molar-refractivity contribution in [1.82, 2.24) is 14.4 Å². The van der Waals surface area contributed by atoms with E-state index in [4.69, 9.17) is 0 Å². The highest BCUT2D eigenvalue weighted by molar-refractivity contribution is 5.95. The molecule has 4 rings (SSSR count). The number of halogens is 6. The molecule has 3 heterocycles. The molecule has 11 heteroatoms. The number of nitrogens with one attached hydrogen (secondary N) is 1. The van der Waals surface area contributed by atoms with Crippen molar-refractivity contribution in [2.45, 2.75) is 37.8 Å². The van der Waals surface area contributed by atoms with Gasteiger partial charge in [0.05, 0.1) is 11.3 Å². The number of amides is 1. The molecule has 1 fully saturated rings. The Morgan fingerprint density at radius 3 is 2.55 bits per heavy atom. The van der Waals surface area contributed by atoms with Crippen molar-refractivity contribution in [3.05, 3.63) is 48.0 Å². The summed E-state index contributed by atoms with van der Waals surface area (Å²) >= 11 is 0. The van der Waals surface area contributed by atoms with Crippen LogP contribution in [0.2, 0.25) is 0 Å². The van der Waals surface area contributed by atoms with Crippen LogP contribution in [-0.2, 0) is 11.0 Å². The summed E-state index contributed by atoms with van der Waals surface area (Å²) in [6.45, 7) is 0. The largest absolute Gasteiger partial charge is 0.416 e. The predicted molar refractivity (Wildman–Crippen MR) is 98.9 cm³/mol. The van der Waals surface area contributed by atoms with Crippen molar-refractivity contribution in [3.8, 4) is 11.4 Å². The van der Waals surface area contributed by atoms with E-state index in [1.165, 1.54) is 10.5 Å². The van der Waals surface area contributed by atoms with Crippen LogP contribution in [0, 0.1) is 11.7 Å². The molecule has 1 saturated carbocycles. The number of anilines is 1. The molecule has 0 aliphatic heterocycles. The summed E-state index contributed by atoms with van der Waals surface area (Å²) in [6.07, 6.45) is -3.59. The van der Waals surface area contributed by atoms with Crippen LogP contribution in [0.15, 0.2) is 36.7 Å². The van der Waals surface area contributed by atoms with E-state index in [0.717, 1.165) is 30.6 Å². The van der Waals surface area contributed by atoms with Gasteiger partial charge in [0.2, 0.25) is 11.8 Å². The van der Waals surface area contributed by atoms with Gasteiger partial charge in [0, 0.05) is 31.2 Å². The first-order chi connectivity index (χ1) is 14.5. The van der Waals surface area contributed by atoms with E-state index in [-0.39, 0.29) is 35.7 Å². The van der Waals surface area contributed by atoms with Crippen molar-refractivity contribution in [2.75, 3.05) is 5.32 Å². The van der Waals surface area contributed by atoms with Gasteiger partial charge >= 0.3 is 6.18 Å². The Hall–Kier alpha value is -3.11. The smallest absolute Gasteiger partial charge is 0.309 e. The number of hydrogen-bond donors (Lipinski definition) is 1. The Morgan fingerprint density at radius 1 is 1.16 bits per heavy atom. The van der Waals surface area contributed by atoms with E-state index in [1.54, 1.807) is 0 Å². The van der Waals surface area contributed by atoms with Crippen LogP contribution >= 0.6 is 0 Å². The summed E-state index contributed by atoms with van der Waals surface area (Å²) < 4.78 is 81.3. The van der Waals surface area contributed by atoms with E-state index in [2.05, 4.69) is 15.3 Å². The molecule has 0 unspecified atom stereocenters. The van der Waals surface area contributed by atoms with Crippen molar-refractivity contribution < 1.29 is 31.1 Å². The minimum Gasteiger partial charge on any atom is -0.309 e. The van der Waals surface area contributed by atoms with Crippen LogP contribution in [0.1, 0.15) is 31.2 Å². The van der Waals surface area contributed by atoms with Gasteiger partial charge in [0.25, 0.3) is 0 Å². The third kappa shape index (κ3) is 4.35. The van der Waals surface area contributed by atoms with Gasteiger partial charge < -0.3 is 5.32 Å². The Kier molecular flexibility index (Phi) is 5.14. The van der Waals surface area contributed by atoms with Gasteiger partial charge in [-0.2, -0.15) is 13.2 Å². The highest BCUT2D eigenvalue weighted by atomic mass is 19.4. The molecule has 1 aliphatic carbocycles. The number of carbonyl (C=O) groups is 1. The Morgan fingerprint density at radius 2 is 1.87 bits per heavy atom. The van der Waals surface area contributed by atoms with Crippen molar-refractivity contribution in [2.24, 2.45) is 5.92 Å². The number of alkyl halides is 5. The fourth-order valence-corrected chi connectivity index (χ4v) is 3.61. The zero-order valence-corrected chi connectivity index (χ0v) is 15.9. The molecule has 1 amide bonds. The van der Waals surface area contributed by atoms with Crippen LogP contribution in [0.4, 0.5) is 32.2 Å². The average Bonchev–Trinajstić information content (AvgIpc) is 3.04. The second-order valence-electron chi connectivity index (χ2n) is 7.43. The molecule has 0 spiro atoms. The number of pyridine rings is 2. The topological polar surface area (TPSA) is 59.3 Å². The van der Waals surface area contributed by atoms with Gasteiger partial charge in [0.1, 0.15) is 17.2 Å². The fourth-order valence-electron chi connectivity index (χ4n) is 3.61. The van der Waals surface area contributed by atoms with Crippen LogP contribution in [0.25, 0.3) is 17.0 Å². The summed E-state index contributed by atoms with van der Waals surface area (Å²) in [7, 11) is 0. The maximum atomic E-state index is 13.8. The highest BCUT2D eigenvalue weighted by Crippen LogP contribution is 2.38. The maximum absolute atomic E-state index is 13.8. The zero-order valence-electron chi connectivity index (χ0n) is 15.9. The molecule has 5 nitrogen and oxygen atoms in total. The summed E-state index contributed by atoms with van der Waals surface area (Å²) in [5.41, 5.74) is -1.04. The Balaban J connectivity index is 1.74. The minimum absolute atomic E-state index is 0.0298. The maximum Gasteiger partial charge on any atom is 0.416 e. The van der Waals surface area contributed by atoms with Gasteiger partial charge in [0.15, 0.2) is 5.82 Å². The monoisotopic (exact) mass is 442 g/mol. The Labute approximate surface area is 172 Å². The summed E-state index contributed by atoms with van der Waals surface area (Å²) in [5, 5.41) is 2.51. The fraction of sp³-hybridized carbons (Fsp3) is 0.350. The number of aromatic nitrogens is 3. The Bertz CT molecular complexity index is 1130. The van der Waals surface area contributed by atoms with Crippen molar-refractivity contribution in [1.29, 1.82) is 0 Å². The molecule has 0 saturated heterocycles. The lowest BCUT2D eigenvalue weighted by atomic mass is 9.86. The molecule has 0 radical (unpaired) electrons. The molecule has 3 aromatic heterocycles. The standard InChI is InChI=1S/C20H16F6N4O/c21-13-1-2-15-28-17(29-18(31)11-3-6-19(22,23)7-4-11)16(30(15)10-13)14-9-12(5-8-27-14)20(24,25)26/h1-2,5,8-11H,3-4,6-7H2,(H,29,31). The zero-order chi connectivity index (χ0) is 22.4. The molecule has 31 heavy (non-hydrogen) atoms. The third-order valence-electron chi connectivity index (χ3n) is 5.24. The first-order valence-electron chi connectivity index (χ1n) is 9.43. The second-order valence-corrected chi connectivity index (χ2v) is 7.43. The van der Waals surface area contributed by atoms with Gasteiger partial charge in [-0.25, -0.2) is 18.2 Å². The van der Waals surface area contributed by atoms with E-state index in [1.807, 2.05) is 0 Å². The lowest BCUT2D eigenvalue weighted by molar-refractivity contribution is -0.137. The summed E-state index contributed by atoms with van der Waals surface area (Å²) in [4.78, 5) is 20.8. The lowest BCUT2D eigenvalue weighted by Crippen LogP contribution is -2.32. The first kappa shape index (κ1) is 21.1. The quantitative estimate of drug-likeness (QED) is 0.559. The number of rotatable bonds is 3. The van der Waals surface area contributed by atoms with E-state index < -0.39 is 48.1 Å². The molecule has 1 N–H and O–H groups in total. The molecule has 0 aromatic carbocycles. The van der Waals surface area contributed by atoms with Gasteiger partial charge in [-0.05, 0) is 37.1 Å². The second kappa shape index (κ2) is 7.54. The molecular formula is C20H16F6N4O. The molecular weight excluding hydrogens is 426 g/mol. The van der Waals surface area contributed by atoms with Gasteiger partial charge in [-0.15, -0.1) is 0 Å². The highest BCUT2D eigenvalue weighted by Gasteiger charge is 2.38. The normalized spacial score (nSPS) is 17.1. The average molecular weight is 442 g/mol. The number of hydrogen-bond acceptors (Lipinski definition) is 3. The number of fused-ring (bicyclic) bond motifs is 1. The van der Waals surface area contributed by atoms with Crippen LogP contribution in [-0.4, -0.2) is 26.2 Å². The minimum atomic E-state index is -4.64. The molecule has 0 bridgehead atoms. The van der Waals surface area contributed by atoms with Gasteiger partial charge in [-0.3, -0.25) is 14.2 Å². The van der Waals surface area contributed by atoms with Crippen molar-refractivity contribution >= 4 is 17.4 Å². The van der Waals surface area contributed by atoms with E-state index in [9.17, 15) is 31.1 Å². The van der Waals surface area contributed by atoms with Crippen LogP contribution in [0.3, 0.4) is 0 Å². The first-order valence-corrected chi connectivity index (χ1v) is 9.43. The third-order valence-corrected chi connectivity index (χ3v) is 5.24. The number of carbonyl (C=O) groups excluding carboxylic acids is 1. The predicted octanol–water partition coefficient (Wildman–Crippen LogP) is 5.32. The van der Waals surface area contributed by atoms with Crippen LogP contribution < -0.4 is 5.32 Å². The van der Waals surface area contributed by atoms with Crippen molar-refractivity contribution in [3.63, 3.8) is 0 Å². The summed E-state index contributed by atoms with van der Waals surface area (Å²) in [6, 6.07) is 3.96. The lowest BCUT2D eigenvalue weighted by Gasteiger charge is -2.27. The SMILES string of the molecule is O=C(Nc1nc2ccc(F)cn2c1-c1cc(C(F)(F)F)ccn1)C1CCC(F)(F)CC1. The molecule has 1 aliphatic rings. The van der Waals surface area contributed by atoms with Crippen LogP contribution in [0.5, 0.6) is 0 Å². The van der Waals surface area contributed by atoms with Gasteiger partial charge in [-0.1, -0.05) is 0 Å². The molecule has 164 valence electrons. The number of imidazole rings is 1. The number of nitrogens with zero attached hydrogens (tertiary/aromatic N) is 3. The molecule has 0 atom stereocenters. The van der Waals surface area contributed by atoms with E-state index in [0.29, 0.717) is 0 Å².